The fraction of sp³-hybridized carbons (Fsp3) is 0.619. The van der Waals surface area contributed by atoms with Crippen LogP contribution < -0.4 is 10.2 Å². The van der Waals surface area contributed by atoms with Gasteiger partial charge in [0.2, 0.25) is 5.91 Å². The van der Waals surface area contributed by atoms with Gasteiger partial charge in [-0.05, 0) is 56.7 Å². The molecule has 29 heavy (non-hydrogen) atoms. The van der Waals surface area contributed by atoms with Gasteiger partial charge in [0.1, 0.15) is 6.42 Å². The Morgan fingerprint density at radius 1 is 1.07 bits per heavy atom. The van der Waals surface area contributed by atoms with Crippen molar-refractivity contribution in [2.45, 2.75) is 44.6 Å². The van der Waals surface area contributed by atoms with E-state index in [1.54, 1.807) is 6.07 Å². The van der Waals surface area contributed by atoms with E-state index in [1.165, 1.54) is 6.42 Å². The number of halogens is 3. The summed E-state index contributed by atoms with van der Waals surface area (Å²) in [6.07, 6.45) is 5.50. The zero-order chi connectivity index (χ0) is 20.8. The molecule has 0 unspecified atom stereocenters. The van der Waals surface area contributed by atoms with E-state index < -0.39 is 0 Å². The first-order valence-corrected chi connectivity index (χ1v) is 11.4. The van der Waals surface area contributed by atoms with E-state index >= 15 is 0 Å². The Morgan fingerprint density at radius 3 is 2.41 bits per heavy atom. The van der Waals surface area contributed by atoms with Crippen LogP contribution in [0.15, 0.2) is 12.1 Å². The van der Waals surface area contributed by atoms with E-state index in [0.717, 1.165) is 70.0 Å². The Balaban J connectivity index is 1.37. The summed E-state index contributed by atoms with van der Waals surface area (Å²) in [4.78, 5) is 16.3. The summed E-state index contributed by atoms with van der Waals surface area (Å²) in [6.45, 7) is 4.98. The SMILES string of the molecule is N#CCC(=O)N[C@H]1CC[C@H](CCN2CCN(c3ccc(Cl)c(Cl)c3Cl)CC2)CC1. The van der Waals surface area contributed by atoms with Gasteiger partial charge in [-0.1, -0.05) is 34.8 Å². The largest absolute Gasteiger partial charge is 0.368 e. The van der Waals surface area contributed by atoms with Crippen LogP contribution in [0.25, 0.3) is 0 Å². The van der Waals surface area contributed by atoms with Gasteiger partial charge in [0.25, 0.3) is 0 Å². The summed E-state index contributed by atoms with van der Waals surface area (Å²) < 4.78 is 0. The number of piperazine rings is 1. The first kappa shape index (κ1) is 22.5. The van der Waals surface area contributed by atoms with Crippen molar-refractivity contribution < 1.29 is 4.79 Å². The topological polar surface area (TPSA) is 59.4 Å². The molecule has 1 N–H and O–H groups in total. The molecule has 5 nitrogen and oxygen atoms in total. The molecule has 2 fully saturated rings. The molecule has 2 aliphatic rings. The Kier molecular flexibility index (Phi) is 8.32. The van der Waals surface area contributed by atoms with Crippen LogP contribution in [0.5, 0.6) is 0 Å². The van der Waals surface area contributed by atoms with Crippen LogP contribution in [-0.2, 0) is 4.79 Å². The third-order valence-electron chi connectivity index (χ3n) is 6.03. The Hall–Kier alpha value is -1.19. The smallest absolute Gasteiger partial charge is 0.234 e. The lowest BCUT2D eigenvalue weighted by Gasteiger charge is -2.37. The Morgan fingerprint density at radius 2 is 1.76 bits per heavy atom. The Bertz CT molecular complexity index is 751. The zero-order valence-electron chi connectivity index (χ0n) is 16.5. The lowest BCUT2D eigenvalue weighted by molar-refractivity contribution is -0.121. The highest BCUT2D eigenvalue weighted by atomic mass is 35.5. The fourth-order valence-electron chi connectivity index (χ4n) is 4.28. The first-order chi connectivity index (χ1) is 14.0. The molecule has 1 aromatic carbocycles. The monoisotopic (exact) mass is 456 g/mol. The molecule has 1 aliphatic carbocycles. The summed E-state index contributed by atoms with van der Waals surface area (Å²) in [5, 5.41) is 13.0. The molecule has 158 valence electrons. The normalized spacial score (nSPS) is 22.9. The van der Waals surface area contributed by atoms with E-state index in [2.05, 4.69) is 15.1 Å². The summed E-state index contributed by atoms with van der Waals surface area (Å²) in [6, 6.07) is 5.89. The van der Waals surface area contributed by atoms with Crippen LogP contribution in [0, 0.1) is 17.2 Å². The number of nitrogens with zero attached hydrogens (tertiary/aromatic N) is 3. The number of amides is 1. The van der Waals surface area contributed by atoms with Crippen LogP contribution in [0.4, 0.5) is 5.69 Å². The van der Waals surface area contributed by atoms with E-state index in [-0.39, 0.29) is 18.4 Å². The molecule has 1 aliphatic heterocycles. The van der Waals surface area contributed by atoms with Crippen molar-refractivity contribution in [2.75, 3.05) is 37.6 Å². The summed E-state index contributed by atoms with van der Waals surface area (Å²) in [5.74, 6) is 0.581. The number of nitriles is 1. The van der Waals surface area contributed by atoms with Crippen molar-refractivity contribution in [3.63, 3.8) is 0 Å². The molecule has 1 aromatic rings. The van der Waals surface area contributed by atoms with Crippen molar-refractivity contribution in [2.24, 2.45) is 5.92 Å². The minimum absolute atomic E-state index is 0.0423. The highest BCUT2D eigenvalue weighted by Crippen LogP contribution is 2.38. The van der Waals surface area contributed by atoms with Gasteiger partial charge in [0.05, 0.1) is 26.8 Å². The molecule has 0 bridgehead atoms. The van der Waals surface area contributed by atoms with Crippen molar-refractivity contribution >= 4 is 46.4 Å². The van der Waals surface area contributed by atoms with Crippen LogP contribution >= 0.6 is 34.8 Å². The fourth-order valence-corrected chi connectivity index (χ4v) is 4.93. The maximum Gasteiger partial charge on any atom is 0.234 e. The highest BCUT2D eigenvalue weighted by molar-refractivity contribution is 6.49. The molecule has 1 saturated heterocycles. The maximum atomic E-state index is 11.5. The second-order valence-electron chi connectivity index (χ2n) is 7.93. The molecule has 0 radical (unpaired) electrons. The molecule has 1 amide bonds. The Labute approximate surface area is 187 Å². The third-order valence-corrected chi connectivity index (χ3v) is 7.32. The first-order valence-electron chi connectivity index (χ1n) is 10.2. The van der Waals surface area contributed by atoms with E-state index in [4.69, 9.17) is 40.1 Å². The van der Waals surface area contributed by atoms with Crippen LogP contribution in [0.2, 0.25) is 15.1 Å². The van der Waals surface area contributed by atoms with Gasteiger partial charge >= 0.3 is 0 Å². The standard InChI is InChI=1S/C21H27Cl3N4O/c22-17-5-6-18(21(24)20(17)23)28-13-11-27(12-14-28)10-8-15-1-3-16(4-2-15)26-19(29)7-9-25/h5-6,15-16H,1-4,7-8,10-14H2,(H,26,29)/t15-,16-. The van der Waals surface area contributed by atoms with Gasteiger partial charge in [-0.15, -0.1) is 0 Å². The number of rotatable bonds is 6. The number of anilines is 1. The lowest BCUT2D eigenvalue weighted by atomic mass is 9.84. The number of hydrogen-bond donors (Lipinski definition) is 1. The summed E-state index contributed by atoms with van der Waals surface area (Å²) >= 11 is 18.6. The molecule has 1 heterocycles. The van der Waals surface area contributed by atoms with E-state index in [9.17, 15) is 4.79 Å². The zero-order valence-corrected chi connectivity index (χ0v) is 18.7. The van der Waals surface area contributed by atoms with Gasteiger partial charge in [0.15, 0.2) is 0 Å². The molecule has 0 spiro atoms. The van der Waals surface area contributed by atoms with Crippen LogP contribution in [-0.4, -0.2) is 49.6 Å². The maximum absolute atomic E-state index is 11.5. The highest BCUT2D eigenvalue weighted by Gasteiger charge is 2.24. The third kappa shape index (κ3) is 6.15. The predicted molar refractivity (Wildman–Crippen MR) is 119 cm³/mol. The van der Waals surface area contributed by atoms with Crippen LogP contribution in [0.3, 0.4) is 0 Å². The van der Waals surface area contributed by atoms with Crippen molar-refractivity contribution in [3.8, 4) is 6.07 Å². The minimum Gasteiger partial charge on any atom is -0.368 e. The molecule has 0 aromatic heterocycles. The number of carbonyl (C=O) groups is 1. The predicted octanol–water partition coefficient (Wildman–Crippen LogP) is 4.75. The number of hydrogen-bond acceptors (Lipinski definition) is 4. The van der Waals surface area contributed by atoms with Crippen molar-refractivity contribution in [3.05, 3.63) is 27.2 Å². The number of nitrogens with one attached hydrogen (secondary N) is 1. The molecular weight excluding hydrogens is 431 g/mol. The van der Waals surface area contributed by atoms with Crippen molar-refractivity contribution in [1.29, 1.82) is 5.26 Å². The van der Waals surface area contributed by atoms with Gasteiger partial charge in [-0.2, -0.15) is 5.26 Å². The average molecular weight is 458 g/mol. The molecule has 0 atom stereocenters. The minimum atomic E-state index is -0.143. The van der Waals surface area contributed by atoms with E-state index in [0.29, 0.717) is 15.1 Å². The molecule has 8 heteroatoms. The lowest BCUT2D eigenvalue weighted by Crippen LogP contribution is -2.47. The average Bonchev–Trinajstić information content (AvgIpc) is 2.72. The van der Waals surface area contributed by atoms with Gasteiger partial charge in [-0.25, -0.2) is 0 Å². The van der Waals surface area contributed by atoms with E-state index in [1.807, 2.05) is 12.1 Å². The second-order valence-corrected chi connectivity index (χ2v) is 9.10. The number of benzene rings is 1. The number of carbonyl (C=O) groups excluding carboxylic acids is 1. The summed E-state index contributed by atoms with van der Waals surface area (Å²) in [7, 11) is 0. The second kappa shape index (κ2) is 10.7. The summed E-state index contributed by atoms with van der Waals surface area (Å²) in [5.41, 5.74) is 0.956. The van der Waals surface area contributed by atoms with Crippen molar-refractivity contribution in [1.82, 2.24) is 10.2 Å². The van der Waals surface area contributed by atoms with Gasteiger partial charge in [-0.3, -0.25) is 9.69 Å². The molecule has 1 saturated carbocycles. The quantitative estimate of drug-likeness (QED) is 0.626. The molecular formula is C21H27Cl3N4O. The molecule has 3 rings (SSSR count). The van der Waals surface area contributed by atoms with Gasteiger partial charge in [0, 0.05) is 32.2 Å². The van der Waals surface area contributed by atoms with Gasteiger partial charge < -0.3 is 10.2 Å². The van der Waals surface area contributed by atoms with Crippen LogP contribution in [0.1, 0.15) is 38.5 Å².